The van der Waals surface area contributed by atoms with E-state index in [-0.39, 0.29) is 28.9 Å². The van der Waals surface area contributed by atoms with Gasteiger partial charge in [-0.2, -0.15) is 0 Å². The Labute approximate surface area is 259 Å². The lowest BCUT2D eigenvalue weighted by Gasteiger charge is -2.24. The largest absolute Gasteiger partial charge is 0.449 e. The van der Waals surface area contributed by atoms with Gasteiger partial charge in [-0.15, -0.1) is 0 Å². The van der Waals surface area contributed by atoms with Gasteiger partial charge in [-0.1, -0.05) is 93.5 Å². The number of hydrogen-bond donors (Lipinski definition) is 0. The lowest BCUT2D eigenvalue weighted by atomic mass is 9.84. The van der Waals surface area contributed by atoms with E-state index in [0.29, 0.717) is 51.5 Å². The fraction of sp³-hybridized carbons (Fsp3) is 0.647. The molecular formula is C34H56O6P2. The summed E-state index contributed by atoms with van der Waals surface area (Å²) in [5.41, 5.74) is 5.24. The van der Waals surface area contributed by atoms with Gasteiger partial charge in [0.1, 0.15) is 11.5 Å². The lowest BCUT2D eigenvalue weighted by Crippen LogP contribution is -2.13. The molecule has 0 bridgehead atoms. The molecule has 0 saturated heterocycles. The second-order valence-electron chi connectivity index (χ2n) is 13.6. The van der Waals surface area contributed by atoms with E-state index in [4.69, 9.17) is 27.6 Å². The maximum Gasteiger partial charge on any atom is 0.215 e. The fourth-order valence-corrected chi connectivity index (χ4v) is 5.36. The highest BCUT2D eigenvalue weighted by atomic mass is 31.1. The second kappa shape index (κ2) is 18.5. The molecule has 0 heterocycles. The van der Waals surface area contributed by atoms with Crippen LogP contribution in [-0.4, -0.2) is 39.6 Å². The summed E-state index contributed by atoms with van der Waals surface area (Å²) in [7, 11) is -0.124. The Bertz CT molecular complexity index is 1040. The van der Waals surface area contributed by atoms with Crippen molar-refractivity contribution >= 4 is 18.1 Å². The first kappa shape index (κ1) is 36.9. The second-order valence-corrected chi connectivity index (χ2v) is 15.0. The summed E-state index contributed by atoms with van der Waals surface area (Å²) in [6, 6.07) is 13.0. The van der Waals surface area contributed by atoms with E-state index >= 15 is 0 Å². The predicted octanol–water partition coefficient (Wildman–Crippen LogP) is 9.22. The molecule has 8 heteroatoms. The summed E-state index contributed by atoms with van der Waals surface area (Å²) in [6.07, 6.45) is 2.05. The van der Waals surface area contributed by atoms with Crippen molar-refractivity contribution in [2.45, 2.75) is 92.9 Å². The Morgan fingerprint density at radius 2 is 1.12 bits per heavy atom. The van der Waals surface area contributed by atoms with E-state index < -0.39 is 0 Å². The third-order valence-electron chi connectivity index (χ3n) is 6.50. The summed E-state index contributed by atoms with van der Waals surface area (Å²) in [6.45, 7) is 25.3. The zero-order valence-corrected chi connectivity index (χ0v) is 29.7. The molecule has 0 aliphatic rings. The molecule has 0 fully saturated rings. The summed E-state index contributed by atoms with van der Waals surface area (Å²) in [4.78, 5) is 0. The summed E-state index contributed by atoms with van der Waals surface area (Å²) in [5.74, 6) is 2.98. The van der Waals surface area contributed by atoms with E-state index in [1.54, 1.807) is 0 Å². The van der Waals surface area contributed by atoms with Gasteiger partial charge in [0.2, 0.25) is 18.1 Å². The molecule has 0 spiro atoms. The van der Waals surface area contributed by atoms with E-state index in [0.717, 1.165) is 24.3 Å². The van der Waals surface area contributed by atoms with Crippen molar-refractivity contribution < 1.29 is 27.6 Å². The van der Waals surface area contributed by atoms with Crippen LogP contribution in [-0.2, 0) is 42.2 Å². The van der Waals surface area contributed by atoms with Crippen LogP contribution in [0.2, 0.25) is 0 Å². The molecule has 2 aromatic carbocycles. The molecule has 2 rings (SSSR count). The van der Waals surface area contributed by atoms with Crippen molar-refractivity contribution in [1.29, 1.82) is 0 Å². The van der Waals surface area contributed by atoms with Crippen LogP contribution in [0.5, 0.6) is 11.5 Å². The van der Waals surface area contributed by atoms with E-state index in [9.17, 15) is 0 Å². The van der Waals surface area contributed by atoms with Crippen molar-refractivity contribution in [3.8, 4) is 11.5 Å². The molecule has 2 unspecified atom stereocenters. The maximum atomic E-state index is 5.99. The van der Waals surface area contributed by atoms with Crippen LogP contribution in [0.3, 0.4) is 0 Å². The Morgan fingerprint density at radius 3 is 1.64 bits per heavy atom. The van der Waals surface area contributed by atoms with Crippen molar-refractivity contribution in [3.63, 3.8) is 0 Å². The van der Waals surface area contributed by atoms with Gasteiger partial charge in [0.05, 0.1) is 39.6 Å². The van der Waals surface area contributed by atoms with E-state index in [1.807, 2.05) is 0 Å². The molecular weight excluding hydrogens is 566 g/mol. The third-order valence-corrected chi connectivity index (χ3v) is 7.75. The van der Waals surface area contributed by atoms with E-state index in [2.05, 4.69) is 106 Å². The minimum atomic E-state index is -0.0658. The van der Waals surface area contributed by atoms with Crippen LogP contribution >= 0.6 is 18.1 Å². The zero-order valence-electron chi connectivity index (χ0n) is 27.7. The minimum absolute atomic E-state index is 0.00374. The molecule has 6 nitrogen and oxygen atoms in total. The molecule has 2 aromatic rings. The fourth-order valence-electron chi connectivity index (χ4n) is 4.35. The Hall–Kier alpha value is -1.26. The summed E-state index contributed by atoms with van der Waals surface area (Å²) in [5, 5.41) is 0. The van der Waals surface area contributed by atoms with Crippen molar-refractivity contribution in [2.24, 2.45) is 11.8 Å². The number of hydrogen-bond acceptors (Lipinski definition) is 6. The predicted molar refractivity (Wildman–Crippen MR) is 179 cm³/mol. The standard InChI is InChI=1S/C34H56O6P2/c1-25(2)21-27-11-13-32(30(23-27)34(8,9)10)40-42-38-20-18-36-16-15-35-17-19-37-41-39-31-14-12-29(33(5,6)7)24-28(31)22-26(3)4/h11-14,23-26,41-42H,15-22H2,1-10H3. The zero-order chi connectivity index (χ0) is 31.2. The molecule has 0 saturated carbocycles. The van der Waals surface area contributed by atoms with Crippen molar-refractivity contribution in [2.75, 3.05) is 39.6 Å². The van der Waals surface area contributed by atoms with Gasteiger partial charge in [-0.05, 0) is 64.3 Å². The highest BCUT2D eigenvalue weighted by Gasteiger charge is 2.20. The van der Waals surface area contributed by atoms with Gasteiger partial charge in [-0.3, -0.25) is 0 Å². The normalized spacial score (nSPS) is 13.0. The lowest BCUT2D eigenvalue weighted by molar-refractivity contribution is 0.0289. The molecule has 0 aromatic heterocycles. The van der Waals surface area contributed by atoms with Crippen LogP contribution in [0, 0.1) is 11.8 Å². The molecule has 2 atom stereocenters. The van der Waals surface area contributed by atoms with Gasteiger partial charge in [0, 0.05) is 5.56 Å². The monoisotopic (exact) mass is 622 g/mol. The molecule has 42 heavy (non-hydrogen) atoms. The Morgan fingerprint density at radius 1 is 0.595 bits per heavy atom. The van der Waals surface area contributed by atoms with Gasteiger partial charge in [0.15, 0.2) is 0 Å². The van der Waals surface area contributed by atoms with Gasteiger partial charge >= 0.3 is 0 Å². The SMILES string of the molecule is CC(C)Cc1ccc(OPOCCOCCOCCOPOc2ccc(C(C)(C)C)cc2CC(C)C)c(C(C)(C)C)c1. The van der Waals surface area contributed by atoms with Gasteiger partial charge in [-0.25, -0.2) is 0 Å². The molecule has 0 aliphatic heterocycles. The molecule has 238 valence electrons. The minimum Gasteiger partial charge on any atom is -0.449 e. The quantitative estimate of drug-likeness (QED) is 0.115. The van der Waals surface area contributed by atoms with Crippen molar-refractivity contribution in [1.82, 2.24) is 0 Å². The summed E-state index contributed by atoms with van der Waals surface area (Å²) >= 11 is 0. The van der Waals surface area contributed by atoms with Crippen LogP contribution in [0.1, 0.15) is 91.5 Å². The van der Waals surface area contributed by atoms with Crippen LogP contribution in [0.4, 0.5) is 0 Å². The van der Waals surface area contributed by atoms with Gasteiger partial charge in [0.25, 0.3) is 0 Å². The molecule has 0 N–H and O–H groups in total. The molecule has 0 amide bonds. The average Bonchev–Trinajstić information content (AvgIpc) is 2.88. The number of benzene rings is 2. The van der Waals surface area contributed by atoms with Gasteiger partial charge < -0.3 is 27.6 Å². The highest BCUT2D eigenvalue weighted by Crippen LogP contribution is 2.36. The Balaban J connectivity index is 1.55. The van der Waals surface area contributed by atoms with Crippen LogP contribution in [0.25, 0.3) is 0 Å². The highest BCUT2D eigenvalue weighted by molar-refractivity contribution is 7.26. The Kier molecular flexibility index (Phi) is 16.3. The number of ether oxygens (including phenoxy) is 2. The first-order valence-electron chi connectivity index (χ1n) is 15.3. The topological polar surface area (TPSA) is 55.4 Å². The van der Waals surface area contributed by atoms with Crippen LogP contribution in [0.15, 0.2) is 36.4 Å². The number of rotatable bonds is 19. The van der Waals surface area contributed by atoms with Crippen molar-refractivity contribution in [3.05, 3.63) is 58.7 Å². The smallest absolute Gasteiger partial charge is 0.215 e. The van der Waals surface area contributed by atoms with E-state index in [1.165, 1.54) is 22.3 Å². The third kappa shape index (κ3) is 14.5. The summed E-state index contributed by atoms with van der Waals surface area (Å²) < 4.78 is 34.5. The first-order chi connectivity index (χ1) is 19.8. The molecule has 0 radical (unpaired) electrons. The maximum absolute atomic E-state index is 5.99. The molecule has 0 aliphatic carbocycles. The average molecular weight is 623 g/mol. The first-order valence-corrected chi connectivity index (χ1v) is 16.9. The van der Waals surface area contributed by atoms with Crippen LogP contribution < -0.4 is 9.05 Å².